The van der Waals surface area contributed by atoms with Crippen LogP contribution in [0, 0.1) is 0 Å². The Kier molecular flexibility index (Phi) is 5.47. The van der Waals surface area contributed by atoms with Crippen LogP contribution in [0.5, 0.6) is 0 Å². The molecule has 0 aliphatic heterocycles. The van der Waals surface area contributed by atoms with Crippen LogP contribution < -0.4 is 10.8 Å². The fourth-order valence-electron chi connectivity index (χ4n) is 2.06. The molecule has 2 rings (SSSR count). The number of hydrogen-bond donors (Lipinski definition) is 1. The molecular weight excluding hydrogens is 339 g/mol. The van der Waals surface area contributed by atoms with E-state index < -0.39 is 18.4 Å². The zero-order valence-corrected chi connectivity index (χ0v) is 13.5. The fraction of sp³-hybridized carbons (Fsp3) is 0.125. The van der Waals surface area contributed by atoms with Crippen LogP contribution in [-0.4, -0.2) is 23.3 Å². The number of carbonyl (C=O) groups excluding carboxylic acids is 2. The van der Waals surface area contributed by atoms with Crippen molar-refractivity contribution in [3.8, 4) is 0 Å². The van der Waals surface area contributed by atoms with E-state index in [1.54, 1.807) is 30.3 Å². The molecule has 0 spiro atoms. The van der Waals surface area contributed by atoms with Crippen LogP contribution in [0.3, 0.4) is 0 Å². The summed E-state index contributed by atoms with van der Waals surface area (Å²) in [6.45, 7) is -0.618. The molecule has 0 fully saturated rings. The number of halogens is 2. The van der Waals surface area contributed by atoms with Gasteiger partial charge in [-0.1, -0.05) is 29.3 Å². The van der Waals surface area contributed by atoms with E-state index in [-0.39, 0.29) is 6.54 Å². The molecule has 2 aromatic carbocycles. The topological polar surface area (TPSA) is 86.5 Å². The van der Waals surface area contributed by atoms with Crippen molar-refractivity contribution in [3.63, 3.8) is 0 Å². The molecule has 0 radical (unpaired) electrons. The Balaban J connectivity index is 2.31. The van der Waals surface area contributed by atoms with Gasteiger partial charge in [0.2, 0.25) is 0 Å². The summed E-state index contributed by atoms with van der Waals surface area (Å²) in [5, 5.41) is 11.8. The molecule has 0 aliphatic carbocycles. The summed E-state index contributed by atoms with van der Waals surface area (Å²) in [6, 6.07) is 11.1. The van der Waals surface area contributed by atoms with E-state index in [0.29, 0.717) is 26.9 Å². The molecule has 0 heterocycles. The Morgan fingerprint density at radius 2 is 1.74 bits per heavy atom. The smallest absolute Gasteiger partial charge is 0.254 e. The molecule has 5 nitrogen and oxygen atoms in total. The maximum atomic E-state index is 12.5. The van der Waals surface area contributed by atoms with Gasteiger partial charge in [-0.2, -0.15) is 0 Å². The molecule has 23 heavy (non-hydrogen) atoms. The van der Waals surface area contributed by atoms with Gasteiger partial charge < -0.3 is 20.5 Å². The monoisotopic (exact) mass is 351 g/mol. The number of carboxylic acid groups (broad SMARTS) is 1. The minimum atomic E-state index is -1.38. The Bertz CT molecular complexity index is 712. The van der Waals surface area contributed by atoms with E-state index in [9.17, 15) is 14.7 Å². The van der Waals surface area contributed by atoms with Gasteiger partial charge in [0, 0.05) is 33.4 Å². The zero-order chi connectivity index (χ0) is 17.0. The molecule has 0 unspecified atom stereocenters. The first-order valence-corrected chi connectivity index (χ1v) is 7.41. The van der Waals surface area contributed by atoms with E-state index in [0.717, 1.165) is 4.90 Å². The van der Waals surface area contributed by atoms with Gasteiger partial charge in [0.05, 0.1) is 12.5 Å². The maximum Gasteiger partial charge on any atom is 0.254 e. The number of aliphatic carboxylic acids is 1. The van der Waals surface area contributed by atoms with E-state index in [1.807, 2.05) is 0 Å². The number of rotatable bonds is 5. The molecule has 7 heteroatoms. The largest absolute Gasteiger partial charge is 0.548 e. The Morgan fingerprint density at radius 1 is 1.09 bits per heavy atom. The highest BCUT2D eigenvalue weighted by molar-refractivity contribution is 6.31. The number of hydrogen-bond acceptors (Lipinski definition) is 4. The lowest BCUT2D eigenvalue weighted by molar-refractivity contribution is -0.305. The number of nitrogens with two attached hydrogens (primary N) is 1. The van der Waals surface area contributed by atoms with Gasteiger partial charge in [-0.15, -0.1) is 0 Å². The average molecular weight is 352 g/mol. The SMILES string of the molecule is Nc1cccc(Cl)c1CN(CC(=O)[O-])C(=O)c1ccc(Cl)cc1. The maximum absolute atomic E-state index is 12.5. The summed E-state index contributed by atoms with van der Waals surface area (Å²) in [5.74, 6) is -1.86. The van der Waals surface area contributed by atoms with Crippen molar-refractivity contribution < 1.29 is 14.7 Å². The minimum Gasteiger partial charge on any atom is -0.548 e. The highest BCUT2D eigenvalue weighted by Gasteiger charge is 2.18. The highest BCUT2D eigenvalue weighted by Crippen LogP contribution is 2.24. The van der Waals surface area contributed by atoms with Crippen molar-refractivity contribution in [2.45, 2.75) is 6.54 Å². The number of carbonyl (C=O) groups is 2. The summed E-state index contributed by atoms with van der Waals surface area (Å²) >= 11 is 11.9. The lowest BCUT2D eigenvalue weighted by atomic mass is 10.1. The Morgan fingerprint density at radius 3 is 2.30 bits per heavy atom. The van der Waals surface area contributed by atoms with Crippen molar-refractivity contribution in [2.75, 3.05) is 12.3 Å². The van der Waals surface area contributed by atoms with Crippen LogP contribution >= 0.6 is 23.2 Å². The lowest BCUT2D eigenvalue weighted by Crippen LogP contribution is -2.41. The molecular formula is C16H13Cl2N2O3-. The lowest BCUT2D eigenvalue weighted by Gasteiger charge is -2.24. The van der Waals surface area contributed by atoms with Crippen LogP contribution in [0.4, 0.5) is 5.69 Å². The third kappa shape index (κ3) is 4.37. The number of nitrogen functional groups attached to an aromatic ring is 1. The van der Waals surface area contributed by atoms with Crippen LogP contribution in [0.2, 0.25) is 10.0 Å². The van der Waals surface area contributed by atoms with Gasteiger partial charge in [-0.3, -0.25) is 4.79 Å². The standard InChI is InChI=1S/C16H14Cl2N2O3/c17-11-6-4-10(5-7-11)16(23)20(9-15(21)22)8-12-13(18)2-1-3-14(12)19/h1-7H,8-9,19H2,(H,21,22)/p-1. The van der Waals surface area contributed by atoms with Crippen LogP contribution in [0.25, 0.3) is 0 Å². The molecule has 2 aromatic rings. The van der Waals surface area contributed by atoms with Gasteiger partial charge >= 0.3 is 0 Å². The Labute approximate surface area is 143 Å². The normalized spacial score (nSPS) is 10.3. The van der Waals surface area contributed by atoms with Crippen molar-refractivity contribution >= 4 is 40.8 Å². The molecule has 0 aromatic heterocycles. The van der Waals surface area contributed by atoms with E-state index >= 15 is 0 Å². The summed E-state index contributed by atoms with van der Waals surface area (Å²) in [5.41, 5.74) is 7.03. The quantitative estimate of drug-likeness (QED) is 0.834. The first kappa shape index (κ1) is 17.1. The zero-order valence-electron chi connectivity index (χ0n) is 12.0. The molecule has 1 amide bonds. The second-order valence-corrected chi connectivity index (χ2v) is 5.69. The number of anilines is 1. The molecule has 0 atom stereocenters. The number of amides is 1. The van der Waals surface area contributed by atoms with E-state index in [4.69, 9.17) is 28.9 Å². The molecule has 120 valence electrons. The summed E-state index contributed by atoms with van der Waals surface area (Å²) in [7, 11) is 0. The first-order valence-electron chi connectivity index (χ1n) is 6.66. The van der Waals surface area contributed by atoms with Gasteiger partial charge in [0.1, 0.15) is 0 Å². The third-order valence-corrected chi connectivity index (χ3v) is 3.81. The highest BCUT2D eigenvalue weighted by atomic mass is 35.5. The summed E-state index contributed by atoms with van der Waals surface area (Å²) in [4.78, 5) is 24.6. The molecule has 0 saturated carbocycles. The number of benzene rings is 2. The van der Waals surface area contributed by atoms with E-state index in [1.165, 1.54) is 12.1 Å². The second kappa shape index (κ2) is 7.35. The Hall–Kier alpha value is -2.24. The van der Waals surface area contributed by atoms with E-state index in [2.05, 4.69) is 0 Å². The molecule has 0 saturated heterocycles. The van der Waals surface area contributed by atoms with Gasteiger partial charge in [0.25, 0.3) is 5.91 Å². The second-order valence-electron chi connectivity index (χ2n) is 4.85. The van der Waals surface area contributed by atoms with Crippen LogP contribution in [0.15, 0.2) is 42.5 Å². The number of carboxylic acids is 1. The molecule has 0 bridgehead atoms. The van der Waals surface area contributed by atoms with Crippen LogP contribution in [0.1, 0.15) is 15.9 Å². The van der Waals surface area contributed by atoms with Gasteiger partial charge in [-0.25, -0.2) is 0 Å². The predicted octanol–water partition coefficient (Wildman–Crippen LogP) is 1.97. The average Bonchev–Trinajstić information content (AvgIpc) is 2.49. The fourth-order valence-corrected chi connectivity index (χ4v) is 2.43. The van der Waals surface area contributed by atoms with Gasteiger partial charge in [-0.05, 0) is 36.4 Å². The minimum absolute atomic E-state index is 0.0407. The number of nitrogens with zero attached hydrogens (tertiary/aromatic N) is 1. The molecule has 0 aliphatic rings. The van der Waals surface area contributed by atoms with Crippen molar-refractivity contribution in [3.05, 3.63) is 63.6 Å². The summed E-state index contributed by atoms with van der Waals surface area (Å²) in [6.07, 6.45) is 0. The van der Waals surface area contributed by atoms with Crippen molar-refractivity contribution in [1.82, 2.24) is 4.90 Å². The third-order valence-electron chi connectivity index (χ3n) is 3.20. The van der Waals surface area contributed by atoms with Crippen molar-refractivity contribution in [1.29, 1.82) is 0 Å². The van der Waals surface area contributed by atoms with Gasteiger partial charge in [0.15, 0.2) is 0 Å². The van der Waals surface area contributed by atoms with Crippen molar-refractivity contribution in [2.24, 2.45) is 0 Å². The van der Waals surface area contributed by atoms with Crippen LogP contribution in [-0.2, 0) is 11.3 Å². The summed E-state index contributed by atoms with van der Waals surface area (Å²) < 4.78 is 0. The molecule has 2 N–H and O–H groups in total. The predicted molar refractivity (Wildman–Crippen MR) is 87.1 cm³/mol. The first-order chi connectivity index (χ1) is 10.9.